The molecule has 7 nitrogen and oxygen atoms in total. The molecule has 2 aromatic carbocycles. The molecule has 4 rings (SSSR count). The molecule has 0 radical (unpaired) electrons. The third kappa shape index (κ3) is 4.59. The fraction of sp³-hybridized carbons (Fsp3) is 0.296. The summed E-state index contributed by atoms with van der Waals surface area (Å²) in [6.45, 7) is 8.94. The van der Waals surface area contributed by atoms with Crippen LogP contribution in [0.15, 0.2) is 76.1 Å². The molecule has 1 amide bonds. The molecule has 0 saturated heterocycles. The van der Waals surface area contributed by atoms with Gasteiger partial charge in [0.05, 0.1) is 35.5 Å². The Labute approximate surface area is 198 Å². The van der Waals surface area contributed by atoms with Crippen LogP contribution in [0.2, 0.25) is 0 Å². The number of rotatable bonds is 8. The average Bonchev–Trinajstić information content (AvgIpc) is 3.37. The van der Waals surface area contributed by atoms with Gasteiger partial charge in [-0.05, 0) is 68.3 Å². The Hall–Kier alpha value is -3.87. The molecule has 7 heteroatoms. The van der Waals surface area contributed by atoms with Crippen LogP contribution >= 0.6 is 0 Å². The molecule has 2 heterocycles. The average molecular weight is 460 g/mol. The number of ether oxygens (including phenoxy) is 1. The maximum absolute atomic E-state index is 13.7. The van der Waals surface area contributed by atoms with Crippen molar-refractivity contribution in [1.29, 1.82) is 0 Å². The lowest BCUT2D eigenvalue weighted by Crippen LogP contribution is -2.39. The number of carbonyl (C=O) groups is 1. The molecule has 1 atom stereocenters. The van der Waals surface area contributed by atoms with Gasteiger partial charge in [-0.3, -0.25) is 14.2 Å². The first-order valence-electron chi connectivity index (χ1n) is 11.5. The maximum atomic E-state index is 13.7. The van der Waals surface area contributed by atoms with Crippen molar-refractivity contribution in [3.8, 4) is 11.4 Å². The van der Waals surface area contributed by atoms with E-state index in [0.29, 0.717) is 35.6 Å². The molecule has 0 aliphatic heterocycles. The van der Waals surface area contributed by atoms with Crippen molar-refractivity contribution in [3.05, 3.63) is 88.9 Å². The number of hydrogen-bond acceptors (Lipinski definition) is 5. The highest BCUT2D eigenvalue weighted by atomic mass is 16.5. The molecule has 0 spiro atoms. The Balaban J connectivity index is 1.89. The fourth-order valence-electron chi connectivity index (χ4n) is 4.03. The lowest BCUT2D eigenvalue weighted by Gasteiger charge is -2.31. The van der Waals surface area contributed by atoms with Crippen molar-refractivity contribution in [2.75, 3.05) is 13.2 Å². The second kappa shape index (κ2) is 9.95. The summed E-state index contributed by atoms with van der Waals surface area (Å²) in [4.78, 5) is 33.6. The molecule has 0 bridgehead atoms. The van der Waals surface area contributed by atoms with Gasteiger partial charge >= 0.3 is 0 Å². The normalized spacial score (nSPS) is 12.1. The van der Waals surface area contributed by atoms with Gasteiger partial charge < -0.3 is 14.1 Å². The number of aromatic nitrogens is 2. The smallest absolute Gasteiger partial charge is 0.290 e. The maximum Gasteiger partial charge on any atom is 0.290 e. The van der Waals surface area contributed by atoms with Gasteiger partial charge in [-0.15, -0.1) is 0 Å². The van der Waals surface area contributed by atoms with Crippen molar-refractivity contribution in [2.24, 2.45) is 5.92 Å². The minimum absolute atomic E-state index is 0.188. The van der Waals surface area contributed by atoms with E-state index in [1.807, 2.05) is 70.2 Å². The zero-order chi connectivity index (χ0) is 24.2. The lowest BCUT2D eigenvalue weighted by molar-refractivity contribution is 0.0622. The summed E-state index contributed by atoms with van der Waals surface area (Å²) >= 11 is 0. The van der Waals surface area contributed by atoms with Crippen LogP contribution in [-0.4, -0.2) is 33.5 Å². The fourth-order valence-corrected chi connectivity index (χ4v) is 4.03. The molecular weight excluding hydrogens is 430 g/mol. The Morgan fingerprint density at radius 2 is 1.79 bits per heavy atom. The van der Waals surface area contributed by atoms with Crippen LogP contribution in [0.4, 0.5) is 0 Å². The second-order valence-electron chi connectivity index (χ2n) is 8.56. The summed E-state index contributed by atoms with van der Waals surface area (Å²) < 4.78 is 12.5. The highest BCUT2D eigenvalue weighted by Gasteiger charge is 2.29. The minimum Gasteiger partial charge on any atom is -0.494 e. The molecule has 0 saturated carbocycles. The van der Waals surface area contributed by atoms with Gasteiger partial charge in [0, 0.05) is 6.54 Å². The van der Waals surface area contributed by atoms with Gasteiger partial charge in [-0.1, -0.05) is 26.0 Å². The zero-order valence-electron chi connectivity index (χ0n) is 19.9. The van der Waals surface area contributed by atoms with Crippen molar-refractivity contribution in [3.63, 3.8) is 0 Å². The van der Waals surface area contributed by atoms with E-state index < -0.39 is 6.04 Å². The topological polar surface area (TPSA) is 77.6 Å². The predicted octanol–water partition coefficient (Wildman–Crippen LogP) is 5.24. The van der Waals surface area contributed by atoms with Crippen molar-refractivity contribution < 1.29 is 13.9 Å². The van der Waals surface area contributed by atoms with Crippen LogP contribution < -0.4 is 10.3 Å². The number of furan rings is 1. The monoisotopic (exact) mass is 459 g/mol. The van der Waals surface area contributed by atoms with Crippen molar-refractivity contribution in [1.82, 2.24) is 14.5 Å². The largest absolute Gasteiger partial charge is 0.494 e. The Morgan fingerprint density at radius 1 is 1.06 bits per heavy atom. The number of fused-ring (bicyclic) bond motifs is 1. The molecule has 0 N–H and O–H groups in total. The van der Waals surface area contributed by atoms with Crippen LogP contribution in [0.1, 0.15) is 50.1 Å². The third-order valence-electron chi connectivity index (χ3n) is 5.60. The van der Waals surface area contributed by atoms with E-state index in [0.717, 1.165) is 5.75 Å². The summed E-state index contributed by atoms with van der Waals surface area (Å²) in [6.07, 6.45) is 1.48. The number of hydrogen-bond donors (Lipinski definition) is 0. The second-order valence-corrected chi connectivity index (χ2v) is 8.56. The SMILES string of the molecule is CCOc1ccc(-n2c(C(C)N(CC(C)C)C(=O)c3ccco3)nc3ccccc3c2=O)cc1. The van der Waals surface area contributed by atoms with Gasteiger partial charge in [0.1, 0.15) is 11.6 Å². The van der Waals surface area contributed by atoms with Crippen LogP contribution in [0, 0.1) is 5.92 Å². The quantitative estimate of drug-likeness (QED) is 0.360. The first-order valence-corrected chi connectivity index (χ1v) is 11.5. The summed E-state index contributed by atoms with van der Waals surface area (Å²) in [5.41, 5.74) is 1.06. The van der Waals surface area contributed by atoms with E-state index in [2.05, 4.69) is 0 Å². The van der Waals surface area contributed by atoms with Gasteiger partial charge in [0.2, 0.25) is 0 Å². The number of benzene rings is 2. The van der Waals surface area contributed by atoms with Gasteiger partial charge in [0.15, 0.2) is 5.76 Å². The van der Waals surface area contributed by atoms with E-state index in [9.17, 15) is 9.59 Å². The summed E-state index contributed by atoms with van der Waals surface area (Å²) in [6, 6.07) is 17.4. The Kier molecular flexibility index (Phi) is 6.82. The summed E-state index contributed by atoms with van der Waals surface area (Å²) in [5.74, 6) is 1.41. The van der Waals surface area contributed by atoms with Crippen LogP contribution in [0.25, 0.3) is 16.6 Å². The van der Waals surface area contributed by atoms with Crippen LogP contribution in [0.3, 0.4) is 0 Å². The first-order chi connectivity index (χ1) is 16.4. The molecule has 0 fully saturated rings. The number of para-hydroxylation sites is 1. The molecule has 4 aromatic rings. The van der Waals surface area contributed by atoms with Crippen molar-refractivity contribution in [2.45, 2.75) is 33.7 Å². The summed E-state index contributed by atoms with van der Waals surface area (Å²) in [5, 5.41) is 0.514. The number of nitrogens with zero attached hydrogens (tertiary/aromatic N) is 3. The van der Waals surface area contributed by atoms with E-state index in [1.54, 1.807) is 27.7 Å². The van der Waals surface area contributed by atoms with Crippen molar-refractivity contribution >= 4 is 16.8 Å². The van der Waals surface area contributed by atoms with E-state index in [4.69, 9.17) is 14.1 Å². The predicted molar refractivity (Wildman–Crippen MR) is 132 cm³/mol. The molecule has 2 aromatic heterocycles. The molecule has 0 aliphatic carbocycles. The number of amides is 1. The molecule has 176 valence electrons. The summed E-state index contributed by atoms with van der Waals surface area (Å²) in [7, 11) is 0. The molecular formula is C27H29N3O4. The highest BCUT2D eigenvalue weighted by molar-refractivity contribution is 5.91. The minimum atomic E-state index is -0.496. The van der Waals surface area contributed by atoms with E-state index >= 15 is 0 Å². The number of carbonyl (C=O) groups excluding carboxylic acids is 1. The zero-order valence-corrected chi connectivity index (χ0v) is 19.9. The van der Waals surface area contributed by atoms with Crippen LogP contribution in [0.5, 0.6) is 5.75 Å². The third-order valence-corrected chi connectivity index (χ3v) is 5.60. The standard InChI is InChI=1S/C27H29N3O4/c1-5-33-21-14-12-20(13-15-21)30-25(28-23-10-7-6-9-22(23)26(30)31)19(4)29(17-18(2)3)27(32)24-11-8-16-34-24/h6-16,18-19H,5,17H2,1-4H3. The first kappa shape index (κ1) is 23.3. The van der Waals surface area contributed by atoms with Gasteiger partial charge in [-0.25, -0.2) is 4.98 Å². The van der Waals surface area contributed by atoms with Gasteiger partial charge in [-0.2, -0.15) is 0 Å². The van der Waals surface area contributed by atoms with Gasteiger partial charge in [0.25, 0.3) is 11.5 Å². The Morgan fingerprint density at radius 3 is 2.44 bits per heavy atom. The highest BCUT2D eigenvalue weighted by Crippen LogP contribution is 2.26. The molecule has 0 aliphatic rings. The molecule has 34 heavy (non-hydrogen) atoms. The lowest BCUT2D eigenvalue weighted by atomic mass is 10.1. The van der Waals surface area contributed by atoms with E-state index in [-0.39, 0.29) is 23.1 Å². The van der Waals surface area contributed by atoms with E-state index in [1.165, 1.54) is 6.26 Å². The van der Waals surface area contributed by atoms with Crippen LogP contribution in [-0.2, 0) is 0 Å². The molecule has 1 unspecified atom stereocenters. The Bertz CT molecular complexity index is 1320.